The summed E-state index contributed by atoms with van der Waals surface area (Å²) in [6.45, 7) is 9.24. The van der Waals surface area contributed by atoms with Gasteiger partial charge in [-0.15, -0.1) is 24.0 Å². The van der Waals surface area contributed by atoms with E-state index in [9.17, 15) is 4.79 Å². The quantitative estimate of drug-likeness (QED) is 0.222. The van der Waals surface area contributed by atoms with Crippen LogP contribution in [0.5, 0.6) is 0 Å². The average molecular weight is 463 g/mol. The third kappa shape index (κ3) is 5.86. The van der Waals surface area contributed by atoms with Gasteiger partial charge in [-0.3, -0.25) is 14.9 Å². The molecule has 1 aromatic heterocycles. The summed E-state index contributed by atoms with van der Waals surface area (Å²) in [4.78, 5) is 18.7. The van der Waals surface area contributed by atoms with Gasteiger partial charge in [0.2, 0.25) is 0 Å². The van der Waals surface area contributed by atoms with E-state index in [1.54, 1.807) is 0 Å². The van der Waals surface area contributed by atoms with Gasteiger partial charge in [0.05, 0.1) is 19.2 Å². The van der Waals surface area contributed by atoms with Gasteiger partial charge < -0.3 is 15.0 Å². The number of ether oxygens (including phenoxy) is 1. The van der Waals surface area contributed by atoms with Crippen LogP contribution in [0.15, 0.2) is 11.2 Å². The van der Waals surface area contributed by atoms with E-state index in [0.29, 0.717) is 6.54 Å². The molecule has 1 aliphatic heterocycles. The molecule has 2 rings (SSSR count). The fourth-order valence-corrected chi connectivity index (χ4v) is 3.11. The highest BCUT2D eigenvalue weighted by molar-refractivity contribution is 14.0. The van der Waals surface area contributed by atoms with Crippen molar-refractivity contribution >= 4 is 35.9 Å². The van der Waals surface area contributed by atoms with Crippen molar-refractivity contribution in [1.29, 1.82) is 0 Å². The number of likely N-dealkylation sites (tertiary alicyclic amines) is 1. The van der Waals surface area contributed by atoms with Crippen molar-refractivity contribution in [3.63, 3.8) is 0 Å². The number of halogens is 1. The van der Waals surface area contributed by atoms with Crippen molar-refractivity contribution in [1.82, 2.24) is 20.4 Å². The number of nitrogens with zero attached hydrogens (tertiary/aromatic N) is 3. The highest BCUT2D eigenvalue weighted by atomic mass is 127. The first-order valence-corrected chi connectivity index (χ1v) is 8.66. The van der Waals surface area contributed by atoms with Crippen molar-refractivity contribution in [2.24, 2.45) is 16.8 Å². The van der Waals surface area contributed by atoms with Crippen molar-refractivity contribution in [2.45, 2.75) is 33.6 Å². The van der Waals surface area contributed by atoms with Crippen LogP contribution in [0.25, 0.3) is 0 Å². The van der Waals surface area contributed by atoms with Gasteiger partial charge in [0.1, 0.15) is 0 Å². The van der Waals surface area contributed by atoms with Gasteiger partial charge in [-0.1, -0.05) is 6.92 Å². The lowest BCUT2D eigenvalue weighted by molar-refractivity contribution is -0.145. The molecule has 0 aliphatic carbocycles. The third-order valence-corrected chi connectivity index (χ3v) is 4.55. The number of rotatable bonds is 6. The Bertz CT molecular complexity index is 575. The maximum atomic E-state index is 11.9. The number of carbonyl (C=O) groups is 1. The van der Waals surface area contributed by atoms with Crippen LogP contribution in [0.3, 0.4) is 0 Å². The van der Waals surface area contributed by atoms with Crippen molar-refractivity contribution in [3.8, 4) is 0 Å². The largest absolute Gasteiger partial charge is 0.469 e. The third-order valence-electron chi connectivity index (χ3n) is 4.55. The number of carbonyl (C=O) groups excluding carboxylic acids is 1. The summed E-state index contributed by atoms with van der Waals surface area (Å²) in [5.74, 6) is 0.957. The molecule has 0 saturated carbocycles. The van der Waals surface area contributed by atoms with E-state index in [1.807, 2.05) is 13.1 Å². The highest BCUT2D eigenvalue weighted by Gasteiger charge is 2.36. The Morgan fingerprint density at radius 1 is 1.52 bits per heavy atom. The number of hydrogen-bond acceptors (Lipinski definition) is 4. The molecule has 1 aliphatic rings. The van der Waals surface area contributed by atoms with Crippen LogP contribution in [-0.2, 0) is 16.0 Å². The van der Waals surface area contributed by atoms with Crippen LogP contribution in [0.2, 0.25) is 0 Å². The lowest BCUT2D eigenvalue weighted by atomic mass is 9.99. The van der Waals surface area contributed by atoms with Crippen LogP contribution in [0.1, 0.15) is 31.5 Å². The lowest BCUT2D eigenvalue weighted by Gasteiger charge is -2.21. The second-order valence-electron chi connectivity index (χ2n) is 6.37. The molecule has 142 valence electrons. The topological polar surface area (TPSA) is 82.6 Å². The number of hydrogen-bond donors (Lipinski definition) is 2. The maximum absolute atomic E-state index is 11.9. The second kappa shape index (κ2) is 10.6. The van der Waals surface area contributed by atoms with Gasteiger partial charge >= 0.3 is 5.97 Å². The predicted octanol–water partition coefficient (Wildman–Crippen LogP) is 1.98. The Hall–Kier alpha value is -1.32. The smallest absolute Gasteiger partial charge is 0.310 e. The molecular weight excluding hydrogens is 433 g/mol. The molecule has 2 atom stereocenters. The predicted molar refractivity (Wildman–Crippen MR) is 109 cm³/mol. The summed E-state index contributed by atoms with van der Waals surface area (Å²) >= 11 is 0. The minimum atomic E-state index is -0.128. The van der Waals surface area contributed by atoms with Crippen LogP contribution in [-0.4, -0.2) is 60.3 Å². The zero-order valence-corrected chi connectivity index (χ0v) is 17.9. The molecule has 0 radical (unpaired) electrons. The molecule has 2 N–H and O–H groups in total. The van der Waals surface area contributed by atoms with Gasteiger partial charge in [-0.2, -0.15) is 5.10 Å². The average Bonchev–Trinajstić information content (AvgIpc) is 3.15. The molecule has 1 saturated heterocycles. The van der Waals surface area contributed by atoms with E-state index in [2.05, 4.69) is 34.3 Å². The molecular formula is C17H30IN5O2. The number of methoxy groups -OCH3 is 1. The number of H-pyrrole nitrogens is 1. The monoisotopic (exact) mass is 463 g/mol. The van der Waals surface area contributed by atoms with Gasteiger partial charge in [0.25, 0.3) is 0 Å². The van der Waals surface area contributed by atoms with Gasteiger partial charge in [-0.05, 0) is 38.2 Å². The Labute approximate surface area is 167 Å². The van der Waals surface area contributed by atoms with E-state index in [-0.39, 0.29) is 41.8 Å². The molecule has 0 bridgehead atoms. The minimum Gasteiger partial charge on any atom is -0.469 e. The van der Waals surface area contributed by atoms with Gasteiger partial charge in [0, 0.05) is 31.9 Å². The summed E-state index contributed by atoms with van der Waals surface area (Å²) in [6.07, 6.45) is 3.82. The maximum Gasteiger partial charge on any atom is 0.310 e. The van der Waals surface area contributed by atoms with E-state index in [4.69, 9.17) is 9.73 Å². The van der Waals surface area contributed by atoms with E-state index in [1.165, 1.54) is 12.7 Å². The zero-order valence-electron chi connectivity index (χ0n) is 15.5. The Kier molecular flexibility index (Phi) is 9.23. The lowest BCUT2D eigenvalue weighted by Crippen LogP contribution is -2.40. The molecule has 2 heterocycles. The molecule has 7 nitrogen and oxygen atoms in total. The molecule has 0 spiro atoms. The Morgan fingerprint density at radius 2 is 2.28 bits per heavy atom. The normalized spacial score (nSPS) is 20.3. The SMILES string of the molecule is CCNC(=NCCCc1cn[nH]c1C)N1CC(C)C(C(=O)OC)C1.I. The number of aliphatic imine (C=N–C) groups is 1. The van der Waals surface area contributed by atoms with Crippen LogP contribution >= 0.6 is 24.0 Å². The molecule has 1 aromatic rings. The number of aromatic nitrogens is 2. The molecule has 0 aromatic carbocycles. The molecule has 0 amide bonds. The standard InChI is InChI=1S/C17H29N5O2.HI/c1-5-18-17(19-8-6-7-14-9-20-21-13(14)3)22-10-12(2)15(11-22)16(23)24-4;/h9,12,15H,5-8,10-11H2,1-4H3,(H,18,19)(H,20,21);1H. The van der Waals surface area contributed by atoms with Crippen molar-refractivity contribution in [2.75, 3.05) is 33.3 Å². The Morgan fingerprint density at radius 3 is 2.88 bits per heavy atom. The summed E-state index contributed by atoms with van der Waals surface area (Å²) in [5, 5.41) is 10.3. The number of aromatic amines is 1. The van der Waals surface area contributed by atoms with Crippen molar-refractivity contribution < 1.29 is 9.53 Å². The van der Waals surface area contributed by atoms with Crippen LogP contribution < -0.4 is 5.32 Å². The highest BCUT2D eigenvalue weighted by Crippen LogP contribution is 2.24. The van der Waals surface area contributed by atoms with Gasteiger partial charge in [-0.25, -0.2) is 0 Å². The molecule has 25 heavy (non-hydrogen) atoms. The fourth-order valence-electron chi connectivity index (χ4n) is 3.11. The number of nitrogens with one attached hydrogen (secondary N) is 2. The van der Waals surface area contributed by atoms with Crippen LogP contribution in [0, 0.1) is 18.8 Å². The number of esters is 1. The summed E-state index contributed by atoms with van der Waals surface area (Å²) in [5.41, 5.74) is 2.37. The summed E-state index contributed by atoms with van der Waals surface area (Å²) < 4.78 is 4.91. The van der Waals surface area contributed by atoms with E-state index in [0.717, 1.165) is 44.1 Å². The summed E-state index contributed by atoms with van der Waals surface area (Å²) in [6, 6.07) is 0. The fraction of sp³-hybridized carbons (Fsp3) is 0.706. The first-order valence-electron chi connectivity index (χ1n) is 8.66. The van der Waals surface area contributed by atoms with Crippen molar-refractivity contribution in [3.05, 3.63) is 17.5 Å². The number of aryl methyl sites for hydroxylation is 2. The Balaban J connectivity index is 0.00000312. The zero-order chi connectivity index (χ0) is 17.5. The summed E-state index contributed by atoms with van der Waals surface area (Å²) in [7, 11) is 1.45. The van der Waals surface area contributed by atoms with Crippen LogP contribution in [0.4, 0.5) is 0 Å². The first kappa shape index (κ1) is 21.7. The number of guanidine groups is 1. The molecule has 8 heteroatoms. The van der Waals surface area contributed by atoms with E-state index >= 15 is 0 Å². The minimum absolute atomic E-state index is 0. The van der Waals surface area contributed by atoms with E-state index < -0.39 is 0 Å². The molecule has 2 unspecified atom stereocenters. The first-order chi connectivity index (χ1) is 11.6. The van der Waals surface area contributed by atoms with Gasteiger partial charge in [0.15, 0.2) is 5.96 Å². The molecule has 1 fully saturated rings. The second-order valence-corrected chi connectivity index (χ2v) is 6.37.